The molecule has 0 bridgehead atoms. The van der Waals surface area contributed by atoms with E-state index in [0.717, 1.165) is 31.0 Å². The number of nitrogens with two attached hydrogens (primary N) is 1. The third-order valence-corrected chi connectivity index (χ3v) is 6.99. The third kappa shape index (κ3) is 5.85. The summed E-state index contributed by atoms with van der Waals surface area (Å²) in [5.41, 5.74) is 0.935. The number of carbonyl (C=O) groups is 1. The van der Waals surface area contributed by atoms with E-state index >= 15 is 0 Å². The number of pyridine rings is 1. The second-order valence-electron chi connectivity index (χ2n) is 10.5. The average molecular weight is 592 g/mol. The molecule has 0 spiro atoms. The van der Waals surface area contributed by atoms with Crippen LogP contribution in [0.1, 0.15) is 41.4 Å². The van der Waals surface area contributed by atoms with Gasteiger partial charge in [0, 0.05) is 16.7 Å². The number of aromatic nitrogens is 1. The van der Waals surface area contributed by atoms with Crippen molar-refractivity contribution < 1.29 is 46.8 Å². The zero-order chi connectivity index (χ0) is 30.3. The number of ether oxygens (including phenoxy) is 3. The van der Waals surface area contributed by atoms with Gasteiger partial charge in [-0.15, -0.1) is 0 Å². The van der Waals surface area contributed by atoms with Crippen molar-refractivity contribution in [2.24, 2.45) is 5.73 Å². The van der Waals surface area contributed by atoms with Crippen LogP contribution in [0.3, 0.4) is 0 Å². The van der Waals surface area contributed by atoms with E-state index in [0.29, 0.717) is 0 Å². The Bertz CT molecular complexity index is 1480. The Morgan fingerprint density at radius 1 is 1.17 bits per heavy atom. The molecule has 1 aliphatic carbocycles. The van der Waals surface area contributed by atoms with Gasteiger partial charge in [0.2, 0.25) is 5.60 Å². The first-order valence-electron chi connectivity index (χ1n) is 13.2. The number of halogens is 4. The Hall–Kier alpha value is -3.94. The topological polar surface area (TPSA) is 136 Å². The van der Waals surface area contributed by atoms with Crippen LogP contribution in [0, 0.1) is 5.82 Å². The van der Waals surface area contributed by atoms with Crippen molar-refractivity contribution >= 4 is 5.91 Å². The molecule has 1 saturated carbocycles. The van der Waals surface area contributed by atoms with Crippen molar-refractivity contribution in [1.82, 2.24) is 10.3 Å². The maximum absolute atomic E-state index is 14.5. The summed E-state index contributed by atoms with van der Waals surface area (Å²) in [5.74, 6) is -0.892. The zero-order valence-electron chi connectivity index (χ0n) is 22.5. The smallest absolute Gasteiger partial charge is 0.424 e. The predicted molar refractivity (Wildman–Crippen MR) is 142 cm³/mol. The number of aliphatic hydroxyl groups is 2. The molecule has 42 heavy (non-hydrogen) atoms. The highest BCUT2D eigenvalue weighted by atomic mass is 19.4. The van der Waals surface area contributed by atoms with Crippen LogP contribution in [-0.2, 0) is 11.1 Å². The fraction of sp³-hybridized carbons (Fsp3) is 0.379. The van der Waals surface area contributed by atoms with Crippen LogP contribution in [0.25, 0.3) is 11.3 Å². The highest BCUT2D eigenvalue weighted by Crippen LogP contribution is 2.46. The van der Waals surface area contributed by atoms with Crippen LogP contribution in [0.2, 0.25) is 0 Å². The van der Waals surface area contributed by atoms with Crippen LogP contribution >= 0.6 is 0 Å². The summed E-state index contributed by atoms with van der Waals surface area (Å²) in [7, 11) is 0. The monoisotopic (exact) mass is 591 g/mol. The third-order valence-electron chi connectivity index (χ3n) is 6.99. The number of alkyl halides is 3. The van der Waals surface area contributed by atoms with Crippen LogP contribution in [0.4, 0.5) is 17.6 Å². The van der Waals surface area contributed by atoms with Gasteiger partial charge in [-0.2, -0.15) is 13.2 Å². The van der Waals surface area contributed by atoms with Gasteiger partial charge in [-0.25, -0.2) is 9.37 Å². The molecule has 13 heteroatoms. The van der Waals surface area contributed by atoms with Gasteiger partial charge in [-0.3, -0.25) is 4.79 Å². The lowest BCUT2D eigenvalue weighted by Gasteiger charge is -2.31. The first-order chi connectivity index (χ1) is 19.8. The summed E-state index contributed by atoms with van der Waals surface area (Å²) in [4.78, 5) is 17.1. The van der Waals surface area contributed by atoms with E-state index in [9.17, 15) is 27.5 Å². The lowest BCUT2D eigenvalue weighted by molar-refractivity contribution is -0.265. The molecular weight excluding hydrogens is 562 g/mol. The Kier molecular flexibility index (Phi) is 7.77. The summed E-state index contributed by atoms with van der Waals surface area (Å²) >= 11 is 0. The van der Waals surface area contributed by atoms with Crippen LogP contribution < -0.4 is 25.3 Å². The fourth-order valence-corrected chi connectivity index (χ4v) is 4.45. The van der Waals surface area contributed by atoms with Crippen LogP contribution in [0.15, 0.2) is 48.5 Å². The molecule has 1 fully saturated rings. The first kappa shape index (κ1) is 29.5. The van der Waals surface area contributed by atoms with E-state index in [1.807, 2.05) is 0 Å². The molecule has 2 aliphatic rings. The molecule has 5 rings (SSSR count). The van der Waals surface area contributed by atoms with Crippen LogP contribution in [-0.4, -0.2) is 59.7 Å². The maximum atomic E-state index is 14.5. The summed E-state index contributed by atoms with van der Waals surface area (Å²) in [6.07, 6.45) is -3.76. The molecule has 5 N–H and O–H groups in total. The van der Waals surface area contributed by atoms with Crippen molar-refractivity contribution in [3.8, 4) is 28.5 Å². The van der Waals surface area contributed by atoms with Crippen molar-refractivity contribution in [3.05, 3.63) is 71.2 Å². The highest BCUT2D eigenvalue weighted by molar-refractivity contribution is 5.95. The largest absolute Gasteiger partial charge is 0.489 e. The molecular formula is C29H29F4N3O6. The number of carbonyl (C=O) groups excluding carboxylic acids is 1. The summed E-state index contributed by atoms with van der Waals surface area (Å²) in [5, 5.41) is 22.4. The second-order valence-corrected chi connectivity index (χ2v) is 10.5. The Morgan fingerprint density at radius 3 is 2.52 bits per heavy atom. The molecule has 2 heterocycles. The molecule has 1 aromatic heterocycles. The van der Waals surface area contributed by atoms with Crippen molar-refractivity contribution in [2.75, 3.05) is 26.4 Å². The number of benzene rings is 2. The number of nitrogens with zero attached hydrogens (tertiary/aromatic N) is 1. The predicted octanol–water partition coefficient (Wildman–Crippen LogP) is 3.55. The number of aliphatic hydroxyl groups excluding tert-OH is 1. The maximum Gasteiger partial charge on any atom is 0.424 e. The van der Waals surface area contributed by atoms with Gasteiger partial charge >= 0.3 is 6.18 Å². The van der Waals surface area contributed by atoms with Crippen molar-refractivity contribution in [3.63, 3.8) is 0 Å². The van der Waals surface area contributed by atoms with E-state index in [2.05, 4.69) is 10.3 Å². The summed E-state index contributed by atoms with van der Waals surface area (Å²) in [6, 6.07) is 9.95. The second kappa shape index (κ2) is 11.0. The van der Waals surface area contributed by atoms with Gasteiger partial charge in [-0.05, 0) is 68.3 Å². The summed E-state index contributed by atoms with van der Waals surface area (Å²) in [6.45, 7) is -0.0670. The molecule has 2 atom stereocenters. The standard InChI is InChI=1S/C29H29F4N3O6/c1-27(34)15-41-25-20(27)13-23(36-24(25)16-2-5-18(30)6-3-16)28(39,29(31,32)33)14-35-26(38)17-4-9-21(40-11-10-37)22(12-17)42-19-7-8-19/h2-6,9,12-13,19,37,39H,7-8,10-11,14-15,34H2,1H3,(H,35,38). The number of hydrogen-bond acceptors (Lipinski definition) is 8. The van der Waals surface area contributed by atoms with Gasteiger partial charge in [0.1, 0.15) is 24.7 Å². The Morgan fingerprint density at radius 2 is 1.88 bits per heavy atom. The highest BCUT2D eigenvalue weighted by Gasteiger charge is 2.57. The molecule has 1 aliphatic heterocycles. The lowest BCUT2D eigenvalue weighted by Crippen LogP contribution is -2.51. The minimum atomic E-state index is -5.28. The Labute approximate surface area is 238 Å². The fourth-order valence-electron chi connectivity index (χ4n) is 4.45. The first-order valence-corrected chi connectivity index (χ1v) is 13.2. The minimum Gasteiger partial charge on any atom is -0.489 e. The number of hydrogen-bond donors (Lipinski definition) is 4. The molecule has 9 nitrogen and oxygen atoms in total. The van der Waals surface area contributed by atoms with E-state index in [1.165, 1.54) is 30.3 Å². The zero-order valence-corrected chi connectivity index (χ0v) is 22.5. The number of rotatable bonds is 10. The molecule has 224 valence electrons. The summed E-state index contributed by atoms with van der Waals surface area (Å²) < 4.78 is 74.1. The number of fused-ring (bicyclic) bond motifs is 1. The Balaban J connectivity index is 1.48. The quantitative estimate of drug-likeness (QED) is 0.263. The van der Waals surface area contributed by atoms with Gasteiger partial charge in [0.15, 0.2) is 17.2 Å². The van der Waals surface area contributed by atoms with Gasteiger partial charge < -0.3 is 35.5 Å². The molecule has 3 aromatic rings. The average Bonchev–Trinajstić information content (AvgIpc) is 3.71. The van der Waals surface area contributed by atoms with Crippen molar-refractivity contribution in [2.45, 2.75) is 43.2 Å². The van der Waals surface area contributed by atoms with Gasteiger partial charge in [0.25, 0.3) is 5.91 Å². The molecule has 2 unspecified atom stereocenters. The molecule has 1 amide bonds. The number of amides is 1. The molecule has 0 radical (unpaired) electrons. The van der Waals surface area contributed by atoms with Crippen LogP contribution in [0.5, 0.6) is 17.2 Å². The van der Waals surface area contributed by atoms with E-state index in [4.69, 9.17) is 25.1 Å². The van der Waals surface area contributed by atoms with Gasteiger partial charge in [0.05, 0.1) is 30.5 Å². The van der Waals surface area contributed by atoms with Crippen molar-refractivity contribution in [1.29, 1.82) is 0 Å². The van der Waals surface area contributed by atoms with E-state index in [-0.39, 0.29) is 65.6 Å². The molecule has 2 aromatic carbocycles. The minimum absolute atomic E-state index is 0.0221. The van der Waals surface area contributed by atoms with E-state index < -0.39 is 41.3 Å². The molecule has 0 saturated heterocycles. The normalized spacial score (nSPS) is 19.4. The SMILES string of the molecule is CC1(N)COc2c1cc(C(O)(CNC(=O)c1ccc(OCCO)c(OC3CC3)c1)C(F)(F)F)nc2-c1ccc(F)cc1. The van der Waals surface area contributed by atoms with E-state index in [1.54, 1.807) is 6.92 Å². The lowest BCUT2D eigenvalue weighted by atomic mass is 9.89. The number of nitrogens with one attached hydrogen (secondary N) is 1. The van der Waals surface area contributed by atoms with Gasteiger partial charge in [-0.1, -0.05) is 0 Å².